The number of esters is 2. The highest BCUT2D eigenvalue weighted by Crippen LogP contribution is 2.39. The van der Waals surface area contributed by atoms with Crippen LogP contribution in [0, 0.1) is 5.92 Å². The van der Waals surface area contributed by atoms with Crippen molar-refractivity contribution in [3.8, 4) is 0 Å². The van der Waals surface area contributed by atoms with Gasteiger partial charge >= 0.3 is 11.9 Å². The smallest absolute Gasteiger partial charge is 0.316 e. The quantitative estimate of drug-likeness (QED) is 0.0738. The number of thiocarbonyl (C=S) groups is 1. The summed E-state index contributed by atoms with van der Waals surface area (Å²) in [5.74, 6) is -2.29. The highest BCUT2D eigenvalue weighted by atomic mass is 32.1. The minimum absolute atomic E-state index is 0.0686. The van der Waals surface area contributed by atoms with Crippen LogP contribution < -0.4 is 26.8 Å². The van der Waals surface area contributed by atoms with Gasteiger partial charge in [-0.05, 0) is 61.0 Å². The van der Waals surface area contributed by atoms with E-state index in [1.165, 1.54) is 4.31 Å². The summed E-state index contributed by atoms with van der Waals surface area (Å²) in [6, 6.07) is 18.7. The summed E-state index contributed by atoms with van der Waals surface area (Å²) in [7, 11) is 0. The minimum atomic E-state index is -1.08. The van der Waals surface area contributed by atoms with Gasteiger partial charge in [0.25, 0.3) is 0 Å². The second kappa shape index (κ2) is 12.3. The molecule has 0 aromatic heterocycles. The maximum absolute atomic E-state index is 12.7. The lowest BCUT2D eigenvalue weighted by Crippen LogP contribution is -2.36. The zero-order valence-electron chi connectivity index (χ0n) is 22.1. The molecule has 9 nitrogen and oxygen atoms in total. The van der Waals surface area contributed by atoms with E-state index in [9.17, 15) is 9.59 Å². The van der Waals surface area contributed by atoms with Crippen LogP contribution in [0.2, 0.25) is 0 Å². The van der Waals surface area contributed by atoms with Crippen LogP contribution in [-0.2, 0) is 19.1 Å². The molecule has 0 bridgehead atoms. The molecule has 0 aliphatic rings. The van der Waals surface area contributed by atoms with Gasteiger partial charge in [-0.25, -0.2) is 0 Å². The molecule has 0 saturated carbocycles. The Morgan fingerprint density at radius 3 is 2.25 bits per heavy atom. The Labute approximate surface area is 243 Å². The van der Waals surface area contributed by atoms with Crippen molar-refractivity contribution < 1.29 is 19.1 Å². The van der Waals surface area contributed by atoms with Crippen LogP contribution in [-0.4, -0.2) is 30.1 Å². The second-order valence-corrected chi connectivity index (χ2v) is 9.86. The number of nitrogens with two attached hydrogens (primary N) is 3. The number of nitrogen functional groups attached to an aromatic ring is 3. The van der Waals surface area contributed by atoms with Crippen LogP contribution >= 0.6 is 25.0 Å². The van der Waals surface area contributed by atoms with Crippen molar-refractivity contribution in [3.63, 3.8) is 0 Å². The first-order valence-corrected chi connectivity index (χ1v) is 13.5. The molecule has 0 aliphatic heterocycles. The molecule has 11 heteroatoms. The molecular formula is C29H31N5O4S2. The molecule has 0 amide bonds. The first-order valence-electron chi connectivity index (χ1n) is 12.7. The molecule has 0 saturated heterocycles. The van der Waals surface area contributed by atoms with Gasteiger partial charge in [-0.1, -0.05) is 49.3 Å². The molecule has 4 aromatic carbocycles. The van der Waals surface area contributed by atoms with Gasteiger partial charge in [0.15, 0.2) is 0 Å². The van der Waals surface area contributed by atoms with Crippen molar-refractivity contribution in [1.29, 1.82) is 0 Å². The Bertz CT molecular complexity index is 1610. The van der Waals surface area contributed by atoms with Crippen molar-refractivity contribution in [1.82, 2.24) is 0 Å². The lowest BCUT2D eigenvalue weighted by molar-refractivity contribution is -0.152. The van der Waals surface area contributed by atoms with Crippen LogP contribution in [0.1, 0.15) is 20.3 Å². The average molecular weight is 578 g/mol. The molecule has 0 fully saturated rings. The number of anilines is 6. The number of hydrogen-bond acceptors (Lipinski definition) is 10. The van der Waals surface area contributed by atoms with E-state index in [-0.39, 0.29) is 24.6 Å². The Morgan fingerprint density at radius 1 is 0.900 bits per heavy atom. The minimum Gasteiger partial charge on any atom is -0.466 e. The van der Waals surface area contributed by atoms with E-state index >= 15 is 0 Å². The fourth-order valence-electron chi connectivity index (χ4n) is 4.45. The predicted molar refractivity (Wildman–Crippen MR) is 170 cm³/mol. The number of nitrogens with one attached hydrogen (secondary N) is 1. The Morgan fingerprint density at radius 2 is 1.55 bits per heavy atom. The van der Waals surface area contributed by atoms with Crippen LogP contribution in [0.4, 0.5) is 34.1 Å². The van der Waals surface area contributed by atoms with Gasteiger partial charge in [0.1, 0.15) is 10.9 Å². The van der Waals surface area contributed by atoms with Crippen LogP contribution in [0.25, 0.3) is 21.5 Å². The largest absolute Gasteiger partial charge is 0.466 e. The Hall–Kier alpha value is -4.22. The van der Waals surface area contributed by atoms with Gasteiger partial charge in [-0.3, -0.25) is 13.9 Å². The summed E-state index contributed by atoms with van der Waals surface area (Å²) in [6.07, 6.45) is -0.278. The number of ether oxygens (including phenoxy) is 2. The molecule has 1 atom stereocenters. The normalized spacial score (nSPS) is 11.7. The van der Waals surface area contributed by atoms with Crippen molar-refractivity contribution in [2.45, 2.75) is 20.3 Å². The van der Waals surface area contributed by atoms with E-state index in [1.54, 1.807) is 19.9 Å². The summed E-state index contributed by atoms with van der Waals surface area (Å²) in [5, 5.41) is 6.89. The monoisotopic (exact) mass is 577 g/mol. The lowest BCUT2D eigenvalue weighted by Gasteiger charge is -2.26. The van der Waals surface area contributed by atoms with E-state index in [0.717, 1.165) is 32.9 Å². The summed E-state index contributed by atoms with van der Waals surface area (Å²) < 4.78 is 11.6. The molecule has 4 rings (SSSR count). The topological polar surface area (TPSA) is 146 Å². The fraction of sp³-hybridized carbons (Fsp3) is 0.207. The third-order valence-electron chi connectivity index (χ3n) is 6.33. The van der Waals surface area contributed by atoms with Gasteiger partial charge < -0.3 is 32.0 Å². The van der Waals surface area contributed by atoms with E-state index in [2.05, 4.69) is 18.1 Å². The van der Waals surface area contributed by atoms with E-state index < -0.39 is 17.9 Å². The standard InChI is InChI=1S/C29H31N5O4S2/c1-3-37-25(35)15-22(29(36)38-4-2)28(39)34(40)27-21-10-8-19(14-17(21)6-12-24(27)32)33-26-20-9-7-18(30)13-16(20)5-11-23(26)31/h5-14,22,33,40H,3-4,15,30-32H2,1-2H3. The number of nitrogens with zero attached hydrogens (tertiary/aromatic N) is 1. The molecule has 4 aromatic rings. The van der Waals surface area contributed by atoms with Crippen molar-refractivity contribution in [2.24, 2.45) is 5.92 Å². The van der Waals surface area contributed by atoms with Crippen LogP contribution in [0.5, 0.6) is 0 Å². The van der Waals surface area contributed by atoms with Gasteiger partial charge in [0, 0.05) is 22.1 Å². The van der Waals surface area contributed by atoms with Gasteiger partial charge in [-0.15, -0.1) is 0 Å². The fourth-order valence-corrected chi connectivity index (χ4v) is 5.09. The van der Waals surface area contributed by atoms with Crippen LogP contribution in [0.3, 0.4) is 0 Å². The number of benzene rings is 4. The molecule has 0 aliphatic carbocycles. The summed E-state index contributed by atoms with van der Waals surface area (Å²) in [4.78, 5) is 25.0. The first-order chi connectivity index (χ1) is 19.1. The molecule has 0 radical (unpaired) electrons. The van der Waals surface area contributed by atoms with Gasteiger partial charge in [0.2, 0.25) is 0 Å². The number of rotatable bonds is 9. The highest BCUT2D eigenvalue weighted by molar-refractivity contribution is 7.87. The summed E-state index contributed by atoms with van der Waals surface area (Å²) in [5.41, 5.74) is 22.3. The predicted octanol–water partition coefficient (Wildman–Crippen LogP) is 5.59. The zero-order chi connectivity index (χ0) is 29.0. The number of carbonyl (C=O) groups is 2. The molecule has 7 N–H and O–H groups in total. The maximum atomic E-state index is 12.7. The Kier molecular flexibility index (Phi) is 8.86. The van der Waals surface area contributed by atoms with Gasteiger partial charge in [0.05, 0.1) is 42.4 Å². The highest BCUT2D eigenvalue weighted by Gasteiger charge is 2.32. The molecular weight excluding hydrogens is 546 g/mol. The van der Waals surface area contributed by atoms with Gasteiger partial charge in [-0.2, -0.15) is 0 Å². The van der Waals surface area contributed by atoms with E-state index in [0.29, 0.717) is 22.7 Å². The van der Waals surface area contributed by atoms with Crippen molar-refractivity contribution in [3.05, 3.63) is 60.7 Å². The SMILES string of the molecule is CCOC(=O)CC(C(=O)OCC)C(=S)N(S)c1c(N)ccc2cc(Nc3c(N)ccc4cc(N)ccc34)ccc12. The number of carbonyl (C=O) groups excluding carboxylic acids is 2. The van der Waals surface area contributed by atoms with E-state index in [1.807, 2.05) is 54.6 Å². The van der Waals surface area contributed by atoms with Crippen molar-refractivity contribution in [2.75, 3.05) is 40.0 Å². The second-order valence-electron chi connectivity index (χ2n) is 9.04. The zero-order valence-corrected chi connectivity index (χ0v) is 23.9. The first kappa shape index (κ1) is 28.8. The van der Waals surface area contributed by atoms with E-state index in [4.69, 9.17) is 38.9 Å². The summed E-state index contributed by atoms with van der Waals surface area (Å²) in [6.45, 7) is 3.67. The maximum Gasteiger partial charge on any atom is 0.316 e. The van der Waals surface area contributed by atoms with Crippen molar-refractivity contribution >= 4 is 97.6 Å². The molecule has 208 valence electrons. The molecule has 1 unspecified atom stereocenters. The average Bonchev–Trinajstić information content (AvgIpc) is 2.93. The number of thiol groups is 1. The number of fused-ring (bicyclic) bond motifs is 2. The third-order valence-corrected chi connectivity index (χ3v) is 7.35. The molecule has 40 heavy (non-hydrogen) atoms. The third kappa shape index (κ3) is 6.00. The Balaban J connectivity index is 1.70. The summed E-state index contributed by atoms with van der Waals surface area (Å²) >= 11 is 10.2. The molecule has 0 spiro atoms. The molecule has 0 heterocycles. The van der Waals surface area contributed by atoms with Crippen LogP contribution in [0.15, 0.2) is 60.7 Å². The lowest BCUT2D eigenvalue weighted by atomic mass is 10.0. The number of hydrogen-bond donors (Lipinski definition) is 5.